The predicted molar refractivity (Wildman–Crippen MR) is 137 cm³/mol. The van der Waals surface area contributed by atoms with Crippen molar-refractivity contribution in [2.75, 3.05) is 51.4 Å². The Morgan fingerprint density at radius 1 is 1.06 bits per heavy atom. The third kappa shape index (κ3) is 6.77. The van der Waals surface area contributed by atoms with Gasteiger partial charge in [-0.25, -0.2) is 9.97 Å². The lowest BCUT2D eigenvalue weighted by atomic mass is 10.1. The minimum atomic E-state index is -0.0785. The van der Waals surface area contributed by atoms with Crippen LogP contribution in [0.25, 0.3) is 11.3 Å². The molecule has 2 N–H and O–H groups in total. The largest absolute Gasteiger partial charge is 0.378 e. The molecular weight excluding hydrogens is 442 g/mol. The summed E-state index contributed by atoms with van der Waals surface area (Å²) < 4.78 is 11.6. The van der Waals surface area contributed by atoms with Gasteiger partial charge in [-0.1, -0.05) is 24.8 Å². The van der Waals surface area contributed by atoms with Gasteiger partial charge in [0.1, 0.15) is 0 Å². The van der Waals surface area contributed by atoms with Crippen LogP contribution in [0, 0.1) is 0 Å². The number of anilines is 1. The van der Waals surface area contributed by atoms with E-state index in [2.05, 4.69) is 38.2 Å². The normalized spacial score (nSPS) is 20.1. The van der Waals surface area contributed by atoms with E-state index in [4.69, 9.17) is 9.47 Å². The Labute approximate surface area is 206 Å². The molecule has 3 aliphatic rings. The second kappa shape index (κ2) is 12.3. The molecule has 35 heavy (non-hydrogen) atoms. The zero-order valence-electron chi connectivity index (χ0n) is 20.3. The van der Waals surface area contributed by atoms with Crippen LogP contribution < -0.4 is 10.6 Å². The number of hydrogen-bond donors (Lipinski definition) is 2. The van der Waals surface area contributed by atoms with Gasteiger partial charge in [0.05, 0.1) is 25.5 Å². The number of nitrogens with zero attached hydrogens (tertiary/aromatic N) is 3. The lowest BCUT2D eigenvalue weighted by Crippen LogP contribution is -2.36. The Morgan fingerprint density at radius 3 is 2.60 bits per heavy atom. The number of benzene rings is 1. The predicted octanol–water partition coefficient (Wildman–Crippen LogP) is 3.77. The minimum absolute atomic E-state index is 0.0785. The van der Waals surface area contributed by atoms with Crippen molar-refractivity contribution in [2.24, 2.45) is 0 Å². The summed E-state index contributed by atoms with van der Waals surface area (Å²) in [6.45, 7) is 11.0. The lowest BCUT2D eigenvalue weighted by molar-refractivity contribution is 0.0531. The average molecular weight is 476 g/mol. The third-order valence-corrected chi connectivity index (χ3v) is 5.93. The third-order valence-electron chi connectivity index (χ3n) is 5.93. The number of aromatic nitrogens is 2. The van der Waals surface area contributed by atoms with Crippen LogP contribution in [-0.4, -0.2) is 66.8 Å². The second-order valence-electron chi connectivity index (χ2n) is 8.45. The van der Waals surface area contributed by atoms with Crippen molar-refractivity contribution in [3.63, 3.8) is 0 Å². The van der Waals surface area contributed by atoms with Crippen molar-refractivity contribution < 1.29 is 14.3 Å². The fourth-order valence-corrected chi connectivity index (χ4v) is 4.14. The van der Waals surface area contributed by atoms with E-state index >= 15 is 0 Å². The van der Waals surface area contributed by atoms with Crippen molar-refractivity contribution in [1.82, 2.24) is 20.2 Å². The zero-order chi connectivity index (χ0) is 24.5. The van der Waals surface area contributed by atoms with Gasteiger partial charge in [-0.05, 0) is 44.0 Å². The first-order chi connectivity index (χ1) is 17.1. The maximum absolute atomic E-state index is 12.5. The summed E-state index contributed by atoms with van der Waals surface area (Å²) in [4.78, 5) is 23.8. The molecule has 4 bridgehead atoms. The molecule has 0 atom stereocenters. The molecular formula is C27H33N5O3. The molecule has 8 nitrogen and oxygen atoms in total. The van der Waals surface area contributed by atoms with Crippen molar-refractivity contribution in [3.8, 4) is 11.3 Å². The molecule has 1 aromatic heterocycles. The van der Waals surface area contributed by atoms with Gasteiger partial charge in [0.2, 0.25) is 5.95 Å². The van der Waals surface area contributed by atoms with E-state index in [-0.39, 0.29) is 5.91 Å². The molecule has 1 amide bonds. The average Bonchev–Trinajstić information content (AvgIpc) is 2.88. The standard InChI is InChI=1S/C27H33N5O3/c1-3-25(32-13-16-34-17-14-32)23-18-20(2)30-27-29-12-10-24(31-27)21-6-8-22(9-7-21)26(33)28-11-4-5-15-35-19-23/h3,6-10,12,18H,2,4-5,11,13-17,19H2,1H3,(H,28,33)(H,29,30,31)/b23-18-,25-3+. The summed E-state index contributed by atoms with van der Waals surface area (Å²) in [7, 11) is 0. The Morgan fingerprint density at radius 2 is 1.83 bits per heavy atom. The van der Waals surface area contributed by atoms with Gasteiger partial charge in [0.25, 0.3) is 5.91 Å². The van der Waals surface area contributed by atoms with E-state index < -0.39 is 0 Å². The number of rotatable bonds is 2. The van der Waals surface area contributed by atoms with Crippen LogP contribution in [-0.2, 0) is 9.47 Å². The molecule has 4 heterocycles. The van der Waals surface area contributed by atoms with Gasteiger partial charge in [0.15, 0.2) is 0 Å². The SMILES string of the molecule is C=C1/C=C(\C(=C/C)N2CCOCC2)COCCCCNC(=O)c2ccc(cc2)-c2ccnc(n2)N1. The van der Waals surface area contributed by atoms with Gasteiger partial charge in [-0.15, -0.1) is 0 Å². The van der Waals surface area contributed by atoms with Crippen LogP contribution in [0.15, 0.2) is 72.2 Å². The van der Waals surface area contributed by atoms with Gasteiger partial charge >= 0.3 is 0 Å². The summed E-state index contributed by atoms with van der Waals surface area (Å²) in [5.74, 6) is 0.377. The van der Waals surface area contributed by atoms with Crippen LogP contribution in [0.2, 0.25) is 0 Å². The minimum Gasteiger partial charge on any atom is -0.378 e. The zero-order valence-corrected chi connectivity index (χ0v) is 20.3. The number of carbonyl (C=O) groups is 1. The van der Waals surface area contributed by atoms with Crippen LogP contribution in [0.4, 0.5) is 5.95 Å². The van der Waals surface area contributed by atoms with E-state index in [0.29, 0.717) is 50.2 Å². The van der Waals surface area contributed by atoms with Gasteiger partial charge < -0.3 is 25.0 Å². The molecule has 0 radical (unpaired) electrons. The van der Waals surface area contributed by atoms with E-state index in [1.54, 1.807) is 6.20 Å². The highest BCUT2D eigenvalue weighted by Gasteiger charge is 2.17. The number of morpholine rings is 1. The fourth-order valence-electron chi connectivity index (χ4n) is 4.14. The summed E-state index contributed by atoms with van der Waals surface area (Å²) in [6.07, 6.45) is 7.52. The van der Waals surface area contributed by atoms with E-state index in [1.807, 2.05) is 43.3 Å². The summed E-state index contributed by atoms with van der Waals surface area (Å²) in [5, 5.41) is 6.21. The highest BCUT2D eigenvalue weighted by molar-refractivity contribution is 5.94. The van der Waals surface area contributed by atoms with E-state index in [9.17, 15) is 4.79 Å². The topological polar surface area (TPSA) is 88.6 Å². The monoisotopic (exact) mass is 475 g/mol. The fraction of sp³-hybridized carbons (Fsp3) is 0.370. The number of allylic oxidation sites excluding steroid dienone is 2. The first-order valence-electron chi connectivity index (χ1n) is 12.1. The van der Waals surface area contributed by atoms with Crippen molar-refractivity contribution in [2.45, 2.75) is 19.8 Å². The molecule has 1 fully saturated rings. The van der Waals surface area contributed by atoms with Crippen LogP contribution in [0.3, 0.4) is 0 Å². The molecule has 1 saturated heterocycles. The van der Waals surface area contributed by atoms with Gasteiger partial charge in [0, 0.05) is 60.5 Å². The number of fused-ring (bicyclic) bond motifs is 12. The maximum atomic E-state index is 12.5. The molecule has 0 saturated carbocycles. The highest BCUT2D eigenvalue weighted by Crippen LogP contribution is 2.22. The summed E-state index contributed by atoms with van der Waals surface area (Å²) in [6, 6.07) is 9.27. The number of amides is 1. The molecule has 1 aromatic carbocycles. The van der Waals surface area contributed by atoms with Crippen LogP contribution in [0.1, 0.15) is 30.1 Å². The summed E-state index contributed by atoms with van der Waals surface area (Å²) >= 11 is 0. The summed E-state index contributed by atoms with van der Waals surface area (Å²) in [5.41, 5.74) is 5.11. The van der Waals surface area contributed by atoms with Crippen molar-refractivity contribution in [3.05, 3.63) is 77.8 Å². The molecule has 0 unspecified atom stereocenters. The molecule has 184 valence electrons. The van der Waals surface area contributed by atoms with Crippen molar-refractivity contribution >= 4 is 11.9 Å². The van der Waals surface area contributed by atoms with E-state index in [1.165, 1.54) is 0 Å². The van der Waals surface area contributed by atoms with Crippen LogP contribution >= 0.6 is 0 Å². The second-order valence-corrected chi connectivity index (χ2v) is 8.45. The van der Waals surface area contributed by atoms with Crippen LogP contribution in [0.5, 0.6) is 0 Å². The number of carbonyl (C=O) groups excluding carboxylic acids is 1. The molecule has 0 aliphatic carbocycles. The van der Waals surface area contributed by atoms with Gasteiger partial charge in [-0.2, -0.15) is 0 Å². The number of nitrogens with one attached hydrogen (secondary N) is 2. The lowest BCUT2D eigenvalue weighted by Gasteiger charge is -2.32. The Kier molecular flexibility index (Phi) is 8.64. The molecule has 5 rings (SSSR count). The number of ether oxygens (including phenoxy) is 2. The Bertz CT molecular complexity index is 1090. The Balaban J connectivity index is 1.60. The molecule has 0 spiro atoms. The quantitative estimate of drug-likeness (QED) is 0.684. The maximum Gasteiger partial charge on any atom is 0.251 e. The first kappa shape index (κ1) is 24.6. The Hall–Kier alpha value is -3.49. The number of hydrogen-bond acceptors (Lipinski definition) is 7. The molecule has 3 aliphatic heterocycles. The van der Waals surface area contributed by atoms with Gasteiger partial charge in [-0.3, -0.25) is 4.79 Å². The van der Waals surface area contributed by atoms with Crippen molar-refractivity contribution in [1.29, 1.82) is 0 Å². The van der Waals surface area contributed by atoms with E-state index in [0.717, 1.165) is 48.5 Å². The first-order valence-corrected chi connectivity index (χ1v) is 12.1. The molecule has 8 heteroatoms. The highest BCUT2D eigenvalue weighted by atomic mass is 16.5. The molecule has 2 aromatic rings. The smallest absolute Gasteiger partial charge is 0.251 e.